The number of anilines is 1. The van der Waals surface area contributed by atoms with E-state index in [0.29, 0.717) is 0 Å². The number of benzene rings is 1. The minimum absolute atomic E-state index is 0.745. The first-order valence-corrected chi connectivity index (χ1v) is 6.81. The quantitative estimate of drug-likeness (QED) is 0.585. The van der Waals surface area contributed by atoms with Crippen LogP contribution in [-0.4, -0.2) is 15.7 Å². The van der Waals surface area contributed by atoms with Crippen molar-refractivity contribution in [3.63, 3.8) is 0 Å². The molecule has 0 fully saturated rings. The Morgan fingerprint density at radius 1 is 1.14 bits per heavy atom. The molecule has 0 unspecified atom stereocenters. The van der Waals surface area contributed by atoms with Crippen molar-refractivity contribution in [2.45, 2.75) is 13.8 Å². The van der Waals surface area contributed by atoms with E-state index in [1.807, 2.05) is 43.3 Å². The number of aryl methyl sites for hydroxylation is 1. The van der Waals surface area contributed by atoms with Crippen LogP contribution in [0.15, 0.2) is 60.0 Å². The number of aromatic nitrogens is 2. The summed E-state index contributed by atoms with van der Waals surface area (Å²) in [7, 11) is 0. The fourth-order valence-corrected chi connectivity index (χ4v) is 2.19. The van der Waals surface area contributed by atoms with Crippen LogP contribution in [0.2, 0.25) is 0 Å². The summed E-state index contributed by atoms with van der Waals surface area (Å²) in [4.78, 5) is 8.66. The Kier molecular flexibility index (Phi) is 3.60. The predicted molar refractivity (Wildman–Crippen MR) is 86.6 cm³/mol. The first-order chi connectivity index (χ1) is 10.2. The van der Waals surface area contributed by atoms with Gasteiger partial charge >= 0.3 is 0 Å². The maximum Gasteiger partial charge on any atom is 0.147 e. The van der Waals surface area contributed by atoms with Crippen molar-refractivity contribution in [2.24, 2.45) is 5.10 Å². The fourth-order valence-electron chi connectivity index (χ4n) is 2.19. The fraction of sp³-hybridized carbons (Fsp3) is 0.118. The Morgan fingerprint density at radius 2 is 2.00 bits per heavy atom. The van der Waals surface area contributed by atoms with Crippen LogP contribution in [0.3, 0.4) is 0 Å². The third-order valence-electron chi connectivity index (χ3n) is 3.34. The molecule has 21 heavy (non-hydrogen) atoms. The van der Waals surface area contributed by atoms with Gasteiger partial charge in [0, 0.05) is 23.3 Å². The van der Waals surface area contributed by atoms with Crippen LogP contribution in [0.4, 0.5) is 5.82 Å². The van der Waals surface area contributed by atoms with Crippen LogP contribution in [0, 0.1) is 6.92 Å². The highest BCUT2D eigenvalue weighted by Crippen LogP contribution is 2.19. The monoisotopic (exact) mass is 276 g/mol. The molecule has 0 amide bonds. The maximum atomic E-state index is 4.57. The summed E-state index contributed by atoms with van der Waals surface area (Å²) in [5.41, 5.74) is 7.03. The van der Waals surface area contributed by atoms with Gasteiger partial charge in [0.15, 0.2) is 0 Å². The number of fused-ring (bicyclic) bond motifs is 1. The van der Waals surface area contributed by atoms with Crippen molar-refractivity contribution in [2.75, 3.05) is 5.43 Å². The lowest BCUT2D eigenvalue weighted by Crippen LogP contribution is -2.01. The first-order valence-electron chi connectivity index (χ1n) is 6.81. The molecule has 0 saturated heterocycles. The highest BCUT2D eigenvalue weighted by atomic mass is 15.3. The number of hydrazone groups is 1. The van der Waals surface area contributed by atoms with Crippen molar-refractivity contribution in [1.29, 1.82) is 0 Å². The Bertz CT molecular complexity index is 794. The van der Waals surface area contributed by atoms with Crippen molar-refractivity contribution in [3.8, 4) is 0 Å². The highest BCUT2D eigenvalue weighted by molar-refractivity contribution is 5.98. The normalized spacial score (nSPS) is 11.6. The second-order valence-electron chi connectivity index (χ2n) is 4.89. The molecule has 0 aliphatic carbocycles. The minimum atomic E-state index is 0.745. The van der Waals surface area contributed by atoms with Crippen molar-refractivity contribution in [3.05, 3.63) is 66.0 Å². The summed E-state index contributed by atoms with van der Waals surface area (Å²) < 4.78 is 0. The Morgan fingerprint density at radius 3 is 2.81 bits per heavy atom. The molecule has 3 rings (SSSR count). The number of nitrogens with zero attached hydrogens (tertiary/aromatic N) is 3. The van der Waals surface area contributed by atoms with Gasteiger partial charge in [0.1, 0.15) is 5.82 Å². The van der Waals surface area contributed by atoms with Crippen LogP contribution in [-0.2, 0) is 0 Å². The van der Waals surface area contributed by atoms with Crippen LogP contribution in [0.1, 0.15) is 18.1 Å². The average molecular weight is 276 g/mol. The summed E-state index contributed by atoms with van der Waals surface area (Å²) in [6.07, 6.45) is 3.54. The van der Waals surface area contributed by atoms with Crippen LogP contribution in [0.25, 0.3) is 10.9 Å². The number of para-hydroxylation sites is 1. The second-order valence-corrected chi connectivity index (χ2v) is 4.89. The van der Waals surface area contributed by atoms with Gasteiger partial charge in [-0.25, -0.2) is 4.98 Å². The number of nitrogens with one attached hydrogen (secondary N) is 1. The lowest BCUT2D eigenvalue weighted by atomic mass is 10.1. The van der Waals surface area contributed by atoms with Gasteiger partial charge in [0.2, 0.25) is 0 Å². The van der Waals surface area contributed by atoms with Gasteiger partial charge in [-0.2, -0.15) is 5.10 Å². The average Bonchev–Trinajstić information content (AvgIpc) is 2.53. The molecule has 0 aliphatic heterocycles. The van der Waals surface area contributed by atoms with E-state index in [1.54, 1.807) is 12.4 Å². The predicted octanol–water partition coefficient (Wildman–Crippen LogP) is 3.77. The molecule has 0 atom stereocenters. The van der Waals surface area contributed by atoms with E-state index in [0.717, 1.165) is 28.0 Å². The topological polar surface area (TPSA) is 50.2 Å². The number of hydrogen-bond donors (Lipinski definition) is 1. The molecule has 1 aromatic carbocycles. The molecule has 0 spiro atoms. The largest absolute Gasteiger partial charge is 0.264 e. The zero-order valence-corrected chi connectivity index (χ0v) is 12.0. The van der Waals surface area contributed by atoms with Crippen LogP contribution in [0.5, 0.6) is 0 Å². The van der Waals surface area contributed by atoms with Gasteiger partial charge in [-0.1, -0.05) is 24.3 Å². The standard InChI is InChI=1S/C17H16N4/c1-12-10-17(19-16-8-4-3-7-15(12)16)21-20-13(2)14-6-5-9-18-11-14/h3-11H,1-2H3,(H,19,21)/b20-13+. The lowest BCUT2D eigenvalue weighted by molar-refractivity contribution is 1.23. The number of pyridine rings is 2. The molecule has 3 aromatic rings. The van der Waals surface area contributed by atoms with Crippen molar-refractivity contribution < 1.29 is 0 Å². The molecule has 1 N–H and O–H groups in total. The number of rotatable bonds is 3. The maximum absolute atomic E-state index is 4.57. The van der Waals surface area contributed by atoms with Crippen LogP contribution >= 0.6 is 0 Å². The molecule has 0 bridgehead atoms. The second kappa shape index (κ2) is 5.71. The van der Waals surface area contributed by atoms with Gasteiger partial charge < -0.3 is 0 Å². The summed E-state index contributed by atoms with van der Waals surface area (Å²) in [5.74, 6) is 0.745. The Balaban J connectivity index is 1.89. The van der Waals surface area contributed by atoms with Gasteiger partial charge in [0.25, 0.3) is 0 Å². The smallest absolute Gasteiger partial charge is 0.147 e. The molecule has 4 nitrogen and oxygen atoms in total. The molecule has 2 heterocycles. The van der Waals surface area contributed by atoms with Crippen molar-refractivity contribution in [1.82, 2.24) is 9.97 Å². The molecule has 0 saturated carbocycles. The zero-order valence-electron chi connectivity index (χ0n) is 12.0. The molecular formula is C17H16N4. The van der Waals surface area contributed by atoms with Gasteiger partial charge in [-0.05, 0) is 37.6 Å². The molecule has 104 valence electrons. The third-order valence-corrected chi connectivity index (χ3v) is 3.34. The summed E-state index contributed by atoms with van der Waals surface area (Å²) in [5, 5.41) is 5.54. The van der Waals surface area contributed by atoms with Crippen LogP contribution < -0.4 is 5.43 Å². The molecule has 4 heteroatoms. The SMILES string of the molecule is C/C(=N\Nc1cc(C)c2ccccc2n1)c1cccnc1. The van der Waals surface area contributed by atoms with E-state index in [1.165, 1.54) is 5.56 Å². The summed E-state index contributed by atoms with van der Waals surface area (Å²) in [6.45, 7) is 4.02. The highest BCUT2D eigenvalue weighted by Gasteiger charge is 2.02. The molecule has 0 radical (unpaired) electrons. The Hall–Kier alpha value is -2.75. The van der Waals surface area contributed by atoms with E-state index in [-0.39, 0.29) is 0 Å². The molecule has 2 aromatic heterocycles. The lowest BCUT2D eigenvalue weighted by Gasteiger charge is -2.06. The van der Waals surface area contributed by atoms with Gasteiger partial charge in [-0.3, -0.25) is 10.4 Å². The van der Waals surface area contributed by atoms with Crippen molar-refractivity contribution >= 4 is 22.4 Å². The van der Waals surface area contributed by atoms with E-state index in [2.05, 4.69) is 33.5 Å². The summed E-state index contributed by atoms with van der Waals surface area (Å²) in [6, 6.07) is 14.0. The van der Waals surface area contributed by atoms with E-state index < -0.39 is 0 Å². The molecule has 0 aliphatic rings. The van der Waals surface area contributed by atoms with E-state index >= 15 is 0 Å². The third kappa shape index (κ3) is 2.89. The summed E-state index contributed by atoms with van der Waals surface area (Å²) >= 11 is 0. The molecular weight excluding hydrogens is 260 g/mol. The first kappa shape index (κ1) is 13.2. The number of hydrogen-bond acceptors (Lipinski definition) is 4. The van der Waals surface area contributed by atoms with Gasteiger partial charge in [-0.15, -0.1) is 0 Å². The zero-order chi connectivity index (χ0) is 14.7. The van der Waals surface area contributed by atoms with Gasteiger partial charge in [0.05, 0.1) is 11.2 Å². The Labute approximate surface area is 123 Å². The van der Waals surface area contributed by atoms with E-state index in [9.17, 15) is 0 Å². The van der Waals surface area contributed by atoms with E-state index in [4.69, 9.17) is 0 Å². The minimum Gasteiger partial charge on any atom is -0.264 e.